The minimum absolute atomic E-state index is 0.134. The summed E-state index contributed by atoms with van der Waals surface area (Å²) in [6, 6.07) is 1.98. The van der Waals surface area contributed by atoms with Gasteiger partial charge in [-0.3, -0.25) is 4.79 Å². The van der Waals surface area contributed by atoms with Gasteiger partial charge in [-0.1, -0.05) is 32.4 Å². The summed E-state index contributed by atoms with van der Waals surface area (Å²) in [5, 5.41) is 12.0. The molecule has 0 radical (unpaired) electrons. The summed E-state index contributed by atoms with van der Waals surface area (Å²) in [5.41, 5.74) is -0.455. The number of aromatic nitrogens is 1. The number of hydrogen-bond donors (Lipinski definition) is 2. The van der Waals surface area contributed by atoms with Crippen LogP contribution in [-0.2, 0) is 4.79 Å². The SMILES string of the molecule is CC(C)(C)[C@H](NC(=O)c1ccc(Cl)cn1)C(=O)O. The molecule has 0 unspecified atom stereocenters. The van der Waals surface area contributed by atoms with E-state index < -0.39 is 23.3 Å². The van der Waals surface area contributed by atoms with Crippen molar-refractivity contribution in [3.63, 3.8) is 0 Å². The lowest BCUT2D eigenvalue weighted by molar-refractivity contribution is -0.142. The number of nitrogens with zero attached hydrogens (tertiary/aromatic N) is 1. The van der Waals surface area contributed by atoms with E-state index in [0.717, 1.165) is 0 Å². The predicted molar refractivity (Wildman–Crippen MR) is 67.6 cm³/mol. The van der Waals surface area contributed by atoms with Gasteiger partial charge in [-0.2, -0.15) is 0 Å². The Morgan fingerprint density at radius 1 is 1.39 bits per heavy atom. The van der Waals surface area contributed by atoms with Gasteiger partial charge in [0.05, 0.1) is 5.02 Å². The molecule has 1 rings (SSSR count). The van der Waals surface area contributed by atoms with Gasteiger partial charge in [0.1, 0.15) is 11.7 Å². The molecule has 0 aliphatic heterocycles. The molecular formula is C12H15ClN2O3. The number of nitrogens with one attached hydrogen (secondary N) is 1. The van der Waals surface area contributed by atoms with Gasteiger partial charge < -0.3 is 10.4 Å². The zero-order valence-corrected chi connectivity index (χ0v) is 11.2. The van der Waals surface area contributed by atoms with Crippen LogP contribution in [-0.4, -0.2) is 28.0 Å². The van der Waals surface area contributed by atoms with Crippen molar-refractivity contribution in [2.75, 3.05) is 0 Å². The molecule has 1 aromatic rings. The van der Waals surface area contributed by atoms with Gasteiger partial charge in [-0.25, -0.2) is 9.78 Å². The van der Waals surface area contributed by atoms with Crippen LogP contribution in [0.15, 0.2) is 18.3 Å². The average molecular weight is 271 g/mol. The number of carbonyl (C=O) groups excluding carboxylic acids is 1. The number of amides is 1. The Bertz CT molecular complexity index is 451. The van der Waals surface area contributed by atoms with Gasteiger partial charge in [-0.15, -0.1) is 0 Å². The number of pyridine rings is 1. The first-order valence-electron chi connectivity index (χ1n) is 5.37. The number of carboxylic acid groups (broad SMARTS) is 1. The number of aliphatic carboxylic acids is 1. The summed E-state index contributed by atoms with van der Waals surface area (Å²) in [7, 11) is 0. The van der Waals surface area contributed by atoms with Crippen LogP contribution in [0, 0.1) is 5.41 Å². The molecule has 0 aliphatic carbocycles. The third-order valence-electron chi connectivity index (χ3n) is 2.35. The zero-order chi connectivity index (χ0) is 13.9. The lowest BCUT2D eigenvalue weighted by Crippen LogP contribution is -2.49. The molecule has 6 heteroatoms. The smallest absolute Gasteiger partial charge is 0.326 e. The molecular weight excluding hydrogens is 256 g/mol. The predicted octanol–water partition coefficient (Wildman–Crippen LogP) is 1.96. The first kappa shape index (κ1) is 14.4. The summed E-state index contributed by atoms with van der Waals surface area (Å²) in [6.45, 7) is 5.21. The number of carboxylic acids is 1. The normalized spacial score (nSPS) is 12.9. The molecule has 0 bridgehead atoms. The van der Waals surface area contributed by atoms with Crippen LogP contribution in [0.25, 0.3) is 0 Å². The van der Waals surface area contributed by atoms with Crippen molar-refractivity contribution in [3.8, 4) is 0 Å². The molecule has 0 spiro atoms. The molecule has 0 aromatic carbocycles. The topological polar surface area (TPSA) is 79.3 Å². The molecule has 18 heavy (non-hydrogen) atoms. The van der Waals surface area contributed by atoms with Gasteiger partial charge in [-0.05, 0) is 17.5 Å². The van der Waals surface area contributed by atoms with Crippen molar-refractivity contribution in [1.29, 1.82) is 0 Å². The van der Waals surface area contributed by atoms with E-state index >= 15 is 0 Å². The summed E-state index contributed by atoms with van der Waals surface area (Å²) < 4.78 is 0. The van der Waals surface area contributed by atoms with E-state index in [4.69, 9.17) is 16.7 Å². The fraction of sp³-hybridized carbons (Fsp3) is 0.417. The van der Waals surface area contributed by atoms with Gasteiger partial charge in [0.25, 0.3) is 5.91 Å². The monoisotopic (exact) mass is 270 g/mol. The quantitative estimate of drug-likeness (QED) is 0.880. The number of hydrogen-bond acceptors (Lipinski definition) is 3. The van der Waals surface area contributed by atoms with Crippen LogP contribution < -0.4 is 5.32 Å². The first-order valence-corrected chi connectivity index (χ1v) is 5.75. The highest BCUT2D eigenvalue weighted by Crippen LogP contribution is 2.19. The average Bonchev–Trinajstić information content (AvgIpc) is 2.24. The van der Waals surface area contributed by atoms with Gasteiger partial charge in [0.2, 0.25) is 0 Å². The maximum Gasteiger partial charge on any atom is 0.326 e. The minimum atomic E-state index is -1.08. The van der Waals surface area contributed by atoms with E-state index in [2.05, 4.69) is 10.3 Å². The van der Waals surface area contributed by atoms with Crippen molar-refractivity contribution in [3.05, 3.63) is 29.0 Å². The van der Waals surface area contributed by atoms with Crippen molar-refractivity contribution in [1.82, 2.24) is 10.3 Å². The van der Waals surface area contributed by atoms with Crippen molar-refractivity contribution in [2.45, 2.75) is 26.8 Å². The van der Waals surface area contributed by atoms with Crippen LogP contribution in [0.4, 0.5) is 0 Å². The molecule has 0 saturated carbocycles. The van der Waals surface area contributed by atoms with Crippen LogP contribution in [0.3, 0.4) is 0 Å². The molecule has 1 heterocycles. The Hall–Kier alpha value is -1.62. The zero-order valence-electron chi connectivity index (χ0n) is 10.4. The second-order valence-corrected chi connectivity index (χ2v) is 5.41. The summed E-state index contributed by atoms with van der Waals surface area (Å²) in [6.07, 6.45) is 1.34. The molecule has 0 aliphatic rings. The standard InChI is InChI=1S/C12H15ClN2O3/c1-12(2,3)9(11(17)18)15-10(16)8-5-4-7(13)6-14-8/h4-6,9H,1-3H3,(H,15,16)(H,17,18)/t9-/m1/s1. The third-order valence-corrected chi connectivity index (χ3v) is 2.57. The fourth-order valence-corrected chi connectivity index (χ4v) is 1.48. The van der Waals surface area contributed by atoms with Crippen molar-refractivity contribution < 1.29 is 14.7 Å². The number of rotatable bonds is 3. The van der Waals surface area contributed by atoms with E-state index in [1.54, 1.807) is 20.8 Å². The summed E-state index contributed by atoms with van der Waals surface area (Å²) in [5.74, 6) is -1.61. The Labute approximate surface area is 110 Å². The highest BCUT2D eigenvalue weighted by molar-refractivity contribution is 6.30. The maximum absolute atomic E-state index is 11.8. The van der Waals surface area contributed by atoms with E-state index in [0.29, 0.717) is 5.02 Å². The van der Waals surface area contributed by atoms with Crippen LogP contribution in [0.2, 0.25) is 5.02 Å². The Morgan fingerprint density at radius 2 is 2.00 bits per heavy atom. The van der Waals surface area contributed by atoms with Gasteiger partial charge >= 0.3 is 5.97 Å². The number of halogens is 1. The Balaban J connectivity index is 2.86. The first-order chi connectivity index (χ1) is 8.21. The van der Waals surface area contributed by atoms with Crippen LogP contribution in [0.1, 0.15) is 31.3 Å². The Kier molecular flexibility index (Phi) is 4.29. The lowest BCUT2D eigenvalue weighted by atomic mass is 9.86. The number of carbonyl (C=O) groups is 2. The largest absolute Gasteiger partial charge is 0.480 e. The summed E-state index contributed by atoms with van der Waals surface area (Å²) in [4.78, 5) is 26.8. The van der Waals surface area contributed by atoms with E-state index in [1.807, 2.05) is 0 Å². The van der Waals surface area contributed by atoms with Gasteiger partial charge in [0.15, 0.2) is 0 Å². The van der Waals surface area contributed by atoms with E-state index in [9.17, 15) is 9.59 Å². The lowest BCUT2D eigenvalue weighted by Gasteiger charge is -2.27. The molecule has 0 saturated heterocycles. The molecule has 1 atom stereocenters. The van der Waals surface area contributed by atoms with Crippen LogP contribution in [0.5, 0.6) is 0 Å². The van der Waals surface area contributed by atoms with Crippen LogP contribution >= 0.6 is 11.6 Å². The van der Waals surface area contributed by atoms with Crippen molar-refractivity contribution >= 4 is 23.5 Å². The Morgan fingerprint density at radius 3 is 2.39 bits per heavy atom. The molecule has 1 amide bonds. The van der Waals surface area contributed by atoms with Gasteiger partial charge in [0, 0.05) is 6.20 Å². The summed E-state index contributed by atoms with van der Waals surface area (Å²) >= 11 is 5.66. The second-order valence-electron chi connectivity index (χ2n) is 4.97. The third kappa shape index (κ3) is 3.70. The molecule has 98 valence electrons. The molecule has 5 nitrogen and oxygen atoms in total. The molecule has 0 fully saturated rings. The van der Waals surface area contributed by atoms with E-state index in [1.165, 1.54) is 18.3 Å². The van der Waals surface area contributed by atoms with Crippen molar-refractivity contribution in [2.24, 2.45) is 5.41 Å². The maximum atomic E-state index is 11.8. The minimum Gasteiger partial charge on any atom is -0.480 e. The molecule has 2 N–H and O–H groups in total. The van der Waals surface area contributed by atoms with E-state index in [-0.39, 0.29) is 5.69 Å². The highest BCUT2D eigenvalue weighted by atomic mass is 35.5. The highest BCUT2D eigenvalue weighted by Gasteiger charge is 2.32. The fourth-order valence-electron chi connectivity index (χ4n) is 1.36. The second kappa shape index (κ2) is 5.35. The molecule has 1 aromatic heterocycles.